The van der Waals surface area contributed by atoms with Crippen molar-refractivity contribution in [1.82, 2.24) is 5.32 Å². The Bertz CT molecular complexity index is 658. The van der Waals surface area contributed by atoms with Crippen molar-refractivity contribution in [3.63, 3.8) is 0 Å². The lowest BCUT2D eigenvalue weighted by Gasteiger charge is -2.18. The van der Waals surface area contributed by atoms with Crippen LogP contribution in [0.15, 0.2) is 28.7 Å². The van der Waals surface area contributed by atoms with E-state index in [1.165, 1.54) is 11.1 Å². The first-order valence-electron chi connectivity index (χ1n) is 6.84. The molecule has 4 nitrogen and oxygen atoms in total. The van der Waals surface area contributed by atoms with Crippen molar-refractivity contribution in [1.29, 1.82) is 0 Å². The average molecular weight is 270 g/mol. The van der Waals surface area contributed by atoms with E-state index in [1.807, 2.05) is 19.1 Å². The monoisotopic (exact) mass is 270 g/mol. The maximum atomic E-state index is 12.2. The largest absolute Gasteiger partial charge is 0.466 e. The molecule has 0 unspecified atom stereocenters. The number of anilines is 1. The first-order chi connectivity index (χ1) is 9.63. The number of benzene rings is 1. The Kier molecular flexibility index (Phi) is 3.32. The molecule has 4 heteroatoms. The first-order valence-corrected chi connectivity index (χ1v) is 6.84. The Morgan fingerprint density at radius 1 is 1.25 bits per heavy atom. The SMILES string of the molecule is Cc1cc(C(=O)Nc2ccc3c(c2)CNCC3)c(C)o1. The van der Waals surface area contributed by atoms with E-state index in [-0.39, 0.29) is 5.91 Å². The molecule has 0 saturated carbocycles. The molecule has 104 valence electrons. The average Bonchev–Trinajstić information content (AvgIpc) is 2.78. The molecule has 1 aliphatic rings. The molecular weight excluding hydrogens is 252 g/mol. The normalized spacial score (nSPS) is 13.9. The lowest BCUT2D eigenvalue weighted by atomic mass is 10.0. The van der Waals surface area contributed by atoms with Gasteiger partial charge in [0.05, 0.1) is 5.56 Å². The van der Waals surface area contributed by atoms with Crippen LogP contribution in [0.4, 0.5) is 5.69 Å². The fourth-order valence-corrected chi connectivity index (χ4v) is 2.61. The fraction of sp³-hybridized carbons (Fsp3) is 0.312. The minimum atomic E-state index is -0.122. The van der Waals surface area contributed by atoms with E-state index in [1.54, 1.807) is 13.0 Å². The maximum absolute atomic E-state index is 12.2. The maximum Gasteiger partial charge on any atom is 0.259 e. The number of aryl methyl sites for hydroxylation is 2. The minimum Gasteiger partial charge on any atom is -0.466 e. The highest BCUT2D eigenvalue weighted by Crippen LogP contribution is 2.21. The van der Waals surface area contributed by atoms with Gasteiger partial charge >= 0.3 is 0 Å². The van der Waals surface area contributed by atoms with Gasteiger partial charge in [-0.05, 0) is 56.1 Å². The third-order valence-electron chi connectivity index (χ3n) is 3.64. The number of hydrogen-bond donors (Lipinski definition) is 2. The van der Waals surface area contributed by atoms with Crippen molar-refractivity contribution in [2.75, 3.05) is 11.9 Å². The predicted octanol–water partition coefficient (Wildman–Crippen LogP) is 2.79. The molecule has 2 aromatic rings. The van der Waals surface area contributed by atoms with Gasteiger partial charge in [0.1, 0.15) is 11.5 Å². The molecule has 1 amide bonds. The second-order valence-electron chi connectivity index (χ2n) is 5.19. The molecule has 1 aliphatic heterocycles. The van der Waals surface area contributed by atoms with Crippen LogP contribution in [-0.2, 0) is 13.0 Å². The first kappa shape index (κ1) is 12.9. The van der Waals surface area contributed by atoms with Crippen molar-refractivity contribution in [2.45, 2.75) is 26.8 Å². The van der Waals surface area contributed by atoms with E-state index in [0.717, 1.165) is 31.0 Å². The van der Waals surface area contributed by atoms with Gasteiger partial charge in [0.2, 0.25) is 0 Å². The molecule has 0 aliphatic carbocycles. The molecular formula is C16H18N2O2. The van der Waals surface area contributed by atoms with Gasteiger partial charge in [0.15, 0.2) is 0 Å². The molecule has 0 spiro atoms. The van der Waals surface area contributed by atoms with E-state index in [0.29, 0.717) is 11.3 Å². The number of carbonyl (C=O) groups excluding carboxylic acids is 1. The van der Waals surface area contributed by atoms with Crippen LogP contribution in [0.25, 0.3) is 0 Å². The second-order valence-corrected chi connectivity index (χ2v) is 5.19. The smallest absolute Gasteiger partial charge is 0.259 e. The molecule has 0 saturated heterocycles. The second kappa shape index (κ2) is 5.13. The summed E-state index contributed by atoms with van der Waals surface area (Å²) in [5.74, 6) is 1.28. The summed E-state index contributed by atoms with van der Waals surface area (Å²) in [7, 11) is 0. The van der Waals surface area contributed by atoms with Crippen LogP contribution in [0, 0.1) is 13.8 Å². The Balaban J connectivity index is 1.81. The number of amides is 1. The predicted molar refractivity (Wildman–Crippen MR) is 78.0 cm³/mol. The van der Waals surface area contributed by atoms with Crippen LogP contribution in [-0.4, -0.2) is 12.5 Å². The van der Waals surface area contributed by atoms with Crippen LogP contribution in [0.1, 0.15) is 33.0 Å². The van der Waals surface area contributed by atoms with Gasteiger partial charge in [-0.3, -0.25) is 4.79 Å². The molecule has 2 heterocycles. The van der Waals surface area contributed by atoms with Crippen LogP contribution in [0.5, 0.6) is 0 Å². The van der Waals surface area contributed by atoms with Gasteiger partial charge in [0, 0.05) is 12.2 Å². The zero-order valence-corrected chi connectivity index (χ0v) is 11.7. The van der Waals surface area contributed by atoms with Gasteiger partial charge in [-0.25, -0.2) is 0 Å². The number of fused-ring (bicyclic) bond motifs is 1. The summed E-state index contributed by atoms with van der Waals surface area (Å²) in [6.07, 6.45) is 1.05. The standard InChI is InChI=1S/C16H18N2O2/c1-10-7-15(11(2)20-10)16(19)18-14-4-3-12-5-6-17-9-13(12)8-14/h3-4,7-8,17H,5-6,9H2,1-2H3,(H,18,19). The van der Waals surface area contributed by atoms with Crippen molar-refractivity contribution in [3.05, 3.63) is 52.5 Å². The van der Waals surface area contributed by atoms with E-state index in [4.69, 9.17) is 4.42 Å². The highest BCUT2D eigenvalue weighted by atomic mass is 16.3. The Labute approximate surface area is 118 Å². The third-order valence-corrected chi connectivity index (χ3v) is 3.64. The lowest BCUT2D eigenvalue weighted by Crippen LogP contribution is -2.23. The molecule has 0 radical (unpaired) electrons. The molecule has 20 heavy (non-hydrogen) atoms. The lowest BCUT2D eigenvalue weighted by molar-refractivity contribution is 0.102. The number of hydrogen-bond acceptors (Lipinski definition) is 3. The number of carbonyl (C=O) groups is 1. The molecule has 2 N–H and O–H groups in total. The Morgan fingerprint density at radius 2 is 2.10 bits per heavy atom. The van der Waals surface area contributed by atoms with Crippen molar-refractivity contribution in [2.24, 2.45) is 0 Å². The van der Waals surface area contributed by atoms with Gasteiger partial charge in [-0.2, -0.15) is 0 Å². The van der Waals surface area contributed by atoms with Gasteiger partial charge < -0.3 is 15.1 Å². The molecule has 1 aromatic heterocycles. The fourth-order valence-electron chi connectivity index (χ4n) is 2.61. The zero-order valence-electron chi connectivity index (χ0n) is 11.7. The quantitative estimate of drug-likeness (QED) is 0.882. The summed E-state index contributed by atoms with van der Waals surface area (Å²) in [5, 5.41) is 6.27. The topological polar surface area (TPSA) is 54.3 Å². The van der Waals surface area contributed by atoms with Gasteiger partial charge in [-0.15, -0.1) is 0 Å². The number of nitrogens with one attached hydrogen (secondary N) is 2. The zero-order chi connectivity index (χ0) is 14.1. The highest BCUT2D eigenvalue weighted by Gasteiger charge is 2.15. The highest BCUT2D eigenvalue weighted by molar-refractivity contribution is 6.05. The van der Waals surface area contributed by atoms with Gasteiger partial charge in [0.25, 0.3) is 5.91 Å². The van der Waals surface area contributed by atoms with E-state index in [2.05, 4.69) is 16.7 Å². The Hall–Kier alpha value is -2.07. The van der Waals surface area contributed by atoms with E-state index >= 15 is 0 Å². The van der Waals surface area contributed by atoms with Crippen molar-refractivity contribution in [3.8, 4) is 0 Å². The Morgan fingerprint density at radius 3 is 2.85 bits per heavy atom. The minimum absolute atomic E-state index is 0.122. The van der Waals surface area contributed by atoms with Crippen molar-refractivity contribution < 1.29 is 9.21 Å². The number of rotatable bonds is 2. The van der Waals surface area contributed by atoms with Crippen LogP contribution in [0.3, 0.4) is 0 Å². The molecule has 0 fully saturated rings. The van der Waals surface area contributed by atoms with E-state index < -0.39 is 0 Å². The summed E-state index contributed by atoms with van der Waals surface area (Å²) in [6.45, 7) is 5.53. The van der Waals surface area contributed by atoms with Crippen molar-refractivity contribution >= 4 is 11.6 Å². The molecule has 1 aromatic carbocycles. The summed E-state index contributed by atoms with van der Waals surface area (Å²) in [4.78, 5) is 12.2. The molecule has 0 atom stereocenters. The summed E-state index contributed by atoms with van der Waals surface area (Å²) in [5.41, 5.74) is 4.04. The molecule has 0 bridgehead atoms. The van der Waals surface area contributed by atoms with E-state index in [9.17, 15) is 4.79 Å². The van der Waals surface area contributed by atoms with Crippen LogP contribution >= 0.6 is 0 Å². The molecule has 3 rings (SSSR count). The van der Waals surface area contributed by atoms with Gasteiger partial charge in [-0.1, -0.05) is 6.07 Å². The number of furan rings is 1. The summed E-state index contributed by atoms with van der Waals surface area (Å²) < 4.78 is 5.39. The van der Waals surface area contributed by atoms with Crippen LogP contribution in [0.2, 0.25) is 0 Å². The third kappa shape index (κ3) is 2.47. The summed E-state index contributed by atoms with van der Waals surface area (Å²) in [6, 6.07) is 7.87. The van der Waals surface area contributed by atoms with Crippen LogP contribution < -0.4 is 10.6 Å². The summed E-state index contributed by atoms with van der Waals surface area (Å²) >= 11 is 0.